The predicted octanol–water partition coefficient (Wildman–Crippen LogP) is 1.10. The van der Waals surface area contributed by atoms with Gasteiger partial charge in [0.1, 0.15) is 0 Å². The van der Waals surface area contributed by atoms with Crippen LogP contribution in [0.4, 0.5) is 0 Å². The van der Waals surface area contributed by atoms with Crippen LogP contribution in [0.3, 0.4) is 0 Å². The standard InChI is InChI=1S/C7H9N2/c1-2-4-7-6(3-1)5-8-9-7/h1,5H,2-4H2,(H,8,9). The van der Waals surface area contributed by atoms with Crippen LogP contribution in [0.25, 0.3) is 0 Å². The Morgan fingerprint density at radius 2 is 2.56 bits per heavy atom. The molecule has 47 valence electrons. The molecule has 0 saturated carbocycles. The van der Waals surface area contributed by atoms with Crippen molar-refractivity contribution < 1.29 is 0 Å². The normalized spacial score (nSPS) is 17.3. The zero-order valence-corrected chi connectivity index (χ0v) is 5.22. The molecule has 0 saturated heterocycles. The van der Waals surface area contributed by atoms with Gasteiger partial charge in [0.2, 0.25) is 0 Å². The van der Waals surface area contributed by atoms with Crippen LogP contribution in [0.15, 0.2) is 6.20 Å². The van der Waals surface area contributed by atoms with Crippen LogP contribution in [-0.4, -0.2) is 10.2 Å². The number of aromatic nitrogens is 2. The first kappa shape index (κ1) is 5.03. The monoisotopic (exact) mass is 121 g/mol. The highest BCUT2D eigenvalue weighted by Crippen LogP contribution is 2.16. The van der Waals surface area contributed by atoms with Crippen molar-refractivity contribution in [3.05, 3.63) is 23.9 Å². The Bertz CT molecular complexity index is 182. The highest BCUT2D eigenvalue weighted by atomic mass is 15.1. The number of hydrogen-bond donors (Lipinski definition) is 1. The predicted molar refractivity (Wildman–Crippen MR) is 34.9 cm³/mol. The molecular weight excluding hydrogens is 112 g/mol. The Balaban J connectivity index is 2.39. The molecule has 1 radical (unpaired) electrons. The van der Waals surface area contributed by atoms with Gasteiger partial charge in [-0.1, -0.05) is 0 Å². The van der Waals surface area contributed by atoms with Crippen LogP contribution >= 0.6 is 0 Å². The average Bonchev–Trinajstić information content (AvgIpc) is 2.33. The second kappa shape index (κ2) is 1.87. The van der Waals surface area contributed by atoms with Crippen LogP contribution in [0.1, 0.15) is 17.7 Å². The Labute approximate surface area is 54.3 Å². The first-order chi connectivity index (χ1) is 4.47. The van der Waals surface area contributed by atoms with Crippen LogP contribution in [0, 0.1) is 6.42 Å². The van der Waals surface area contributed by atoms with Gasteiger partial charge in [-0.05, 0) is 31.2 Å². The van der Waals surface area contributed by atoms with Gasteiger partial charge in [-0.15, -0.1) is 0 Å². The Morgan fingerprint density at radius 3 is 3.44 bits per heavy atom. The Morgan fingerprint density at radius 1 is 1.56 bits per heavy atom. The molecule has 0 aliphatic heterocycles. The quantitative estimate of drug-likeness (QED) is 0.547. The maximum atomic E-state index is 3.96. The molecule has 0 unspecified atom stereocenters. The van der Waals surface area contributed by atoms with Crippen molar-refractivity contribution in [1.29, 1.82) is 0 Å². The zero-order valence-electron chi connectivity index (χ0n) is 5.22. The third-order valence-corrected chi connectivity index (χ3v) is 1.77. The molecular formula is C7H9N2. The number of aromatic amines is 1. The lowest BCUT2D eigenvalue weighted by atomic mass is 9.99. The van der Waals surface area contributed by atoms with Crippen LogP contribution in [-0.2, 0) is 12.8 Å². The lowest BCUT2D eigenvalue weighted by Gasteiger charge is -2.07. The van der Waals surface area contributed by atoms with Crippen molar-refractivity contribution in [2.75, 3.05) is 0 Å². The fourth-order valence-electron chi connectivity index (χ4n) is 1.23. The second-order valence-corrected chi connectivity index (χ2v) is 2.41. The highest BCUT2D eigenvalue weighted by molar-refractivity contribution is 5.21. The van der Waals surface area contributed by atoms with Gasteiger partial charge in [-0.25, -0.2) is 0 Å². The molecule has 0 atom stereocenters. The van der Waals surface area contributed by atoms with E-state index < -0.39 is 0 Å². The number of nitrogens with one attached hydrogen (secondary N) is 1. The first-order valence-electron chi connectivity index (χ1n) is 3.29. The van der Waals surface area contributed by atoms with Gasteiger partial charge in [0.15, 0.2) is 0 Å². The smallest absolute Gasteiger partial charge is 0.0522 e. The summed E-state index contributed by atoms with van der Waals surface area (Å²) in [5.74, 6) is 0. The lowest BCUT2D eigenvalue weighted by molar-refractivity contribution is 0.803. The van der Waals surface area contributed by atoms with Gasteiger partial charge in [0, 0.05) is 5.69 Å². The molecule has 0 bridgehead atoms. The molecule has 1 aromatic rings. The summed E-state index contributed by atoms with van der Waals surface area (Å²) in [6, 6.07) is 0. The zero-order chi connectivity index (χ0) is 6.10. The van der Waals surface area contributed by atoms with E-state index in [1.54, 1.807) is 0 Å². The summed E-state index contributed by atoms with van der Waals surface area (Å²) in [5.41, 5.74) is 2.71. The highest BCUT2D eigenvalue weighted by Gasteiger charge is 2.09. The fraction of sp³-hybridized carbons (Fsp3) is 0.429. The second-order valence-electron chi connectivity index (χ2n) is 2.41. The summed E-state index contributed by atoms with van der Waals surface area (Å²) in [6.07, 6.45) is 7.68. The van der Waals surface area contributed by atoms with Crippen molar-refractivity contribution >= 4 is 0 Å². The molecule has 0 amide bonds. The number of nitrogens with zero attached hydrogens (tertiary/aromatic N) is 1. The third-order valence-electron chi connectivity index (χ3n) is 1.77. The number of H-pyrrole nitrogens is 1. The minimum Gasteiger partial charge on any atom is -0.282 e. The molecule has 0 fully saturated rings. The van der Waals surface area contributed by atoms with Crippen molar-refractivity contribution in [3.8, 4) is 0 Å². The SMILES string of the molecule is [CH]1CCc2[nH]ncc2C1. The third kappa shape index (κ3) is 0.745. The molecule has 1 aliphatic carbocycles. The molecule has 0 spiro atoms. The van der Waals surface area contributed by atoms with Crippen LogP contribution in [0.5, 0.6) is 0 Å². The van der Waals surface area contributed by atoms with Crippen LogP contribution < -0.4 is 0 Å². The maximum Gasteiger partial charge on any atom is 0.0522 e. The van der Waals surface area contributed by atoms with Gasteiger partial charge in [-0.3, -0.25) is 5.10 Å². The maximum absolute atomic E-state index is 3.96. The minimum absolute atomic E-state index is 1.10. The van der Waals surface area contributed by atoms with Crippen LogP contribution in [0.2, 0.25) is 0 Å². The van der Waals surface area contributed by atoms with Crippen molar-refractivity contribution in [1.82, 2.24) is 10.2 Å². The van der Waals surface area contributed by atoms with Gasteiger partial charge in [-0.2, -0.15) is 5.10 Å². The topological polar surface area (TPSA) is 28.7 Å². The van der Waals surface area contributed by atoms with Gasteiger partial charge in [0.25, 0.3) is 0 Å². The van der Waals surface area contributed by atoms with Crippen molar-refractivity contribution in [3.63, 3.8) is 0 Å². The molecule has 9 heavy (non-hydrogen) atoms. The van der Waals surface area contributed by atoms with E-state index in [0.717, 1.165) is 12.8 Å². The van der Waals surface area contributed by atoms with Gasteiger partial charge in [0.05, 0.1) is 6.20 Å². The Hall–Kier alpha value is -0.790. The summed E-state index contributed by atoms with van der Waals surface area (Å²) in [6.45, 7) is 0. The molecule has 1 N–H and O–H groups in total. The molecule has 1 aliphatic rings. The minimum atomic E-state index is 1.10. The van der Waals surface area contributed by atoms with Crippen molar-refractivity contribution in [2.45, 2.75) is 19.3 Å². The van der Waals surface area contributed by atoms with E-state index in [1.165, 1.54) is 17.7 Å². The molecule has 2 rings (SSSR count). The summed E-state index contributed by atoms with van der Waals surface area (Å²) in [7, 11) is 0. The molecule has 1 aromatic heterocycles. The summed E-state index contributed by atoms with van der Waals surface area (Å²) in [5, 5.41) is 6.95. The largest absolute Gasteiger partial charge is 0.282 e. The van der Waals surface area contributed by atoms with E-state index in [4.69, 9.17) is 0 Å². The van der Waals surface area contributed by atoms with E-state index >= 15 is 0 Å². The summed E-state index contributed by atoms with van der Waals surface area (Å²) < 4.78 is 0. The number of hydrogen-bond acceptors (Lipinski definition) is 1. The number of rotatable bonds is 0. The van der Waals surface area contributed by atoms with E-state index in [-0.39, 0.29) is 0 Å². The lowest BCUT2D eigenvalue weighted by Crippen LogP contribution is -2.00. The average molecular weight is 121 g/mol. The number of fused-ring (bicyclic) bond motifs is 1. The van der Waals surface area contributed by atoms with E-state index in [1.807, 2.05) is 6.20 Å². The molecule has 1 heterocycles. The molecule has 0 aromatic carbocycles. The van der Waals surface area contributed by atoms with Gasteiger partial charge >= 0.3 is 0 Å². The number of aryl methyl sites for hydroxylation is 1. The summed E-state index contributed by atoms with van der Waals surface area (Å²) in [4.78, 5) is 0. The Kier molecular flexibility index (Phi) is 1.04. The van der Waals surface area contributed by atoms with Crippen molar-refractivity contribution in [2.24, 2.45) is 0 Å². The molecule has 2 nitrogen and oxygen atoms in total. The van der Waals surface area contributed by atoms with E-state index in [9.17, 15) is 0 Å². The fourth-order valence-corrected chi connectivity index (χ4v) is 1.23. The summed E-state index contributed by atoms with van der Waals surface area (Å²) >= 11 is 0. The molecule has 2 heteroatoms. The van der Waals surface area contributed by atoms with E-state index in [2.05, 4.69) is 16.6 Å². The first-order valence-corrected chi connectivity index (χ1v) is 3.29. The van der Waals surface area contributed by atoms with E-state index in [0.29, 0.717) is 0 Å². The van der Waals surface area contributed by atoms with Gasteiger partial charge < -0.3 is 0 Å².